The first-order chi connectivity index (χ1) is 8.04. The number of ether oxygens (including phenoxy) is 1. The van der Waals surface area contributed by atoms with E-state index in [1.807, 2.05) is 0 Å². The summed E-state index contributed by atoms with van der Waals surface area (Å²) < 4.78 is 18.7. The maximum atomic E-state index is 13.6. The molecule has 0 radical (unpaired) electrons. The van der Waals surface area contributed by atoms with Crippen LogP contribution in [0.25, 0.3) is 10.9 Å². The maximum absolute atomic E-state index is 13.6. The first-order valence-electron chi connectivity index (χ1n) is 4.91. The van der Waals surface area contributed by atoms with Crippen molar-refractivity contribution in [3.05, 3.63) is 35.3 Å². The minimum Gasteiger partial charge on any atom is -0.496 e. The molecule has 0 unspecified atom stereocenters. The van der Waals surface area contributed by atoms with E-state index in [0.717, 1.165) is 5.56 Å². The quantitative estimate of drug-likeness (QED) is 0.868. The number of hydrogen-bond acceptors (Lipinski definition) is 3. The zero-order valence-electron chi connectivity index (χ0n) is 9.32. The van der Waals surface area contributed by atoms with Gasteiger partial charge in [0.25, 0.3) is 0 Å². The van der Waals surface area contributed by atoms with Crippen molar-refractivity contribution in [3.8, 4) is 5.75 Å². The van der Waals surface area contributed by atoms with E-state index in [1.54, 1.807) is 13.0 Å². The van der Waals surface area contributed by atoms with Gasteiger partial charge in [-0.3, -0.25) is 0 Å². The SMILES string of the molecule is COc1cc(C(=O)O)nc2c(F)ccc(C)c12. The van der Waals surface area contributed by atoms with Gasteiger partial charge in [0.1, 0.15) is 17.1 Å². The van der Waals surface area contributed by atoms with E-state index in [0.29, 0.717) is 11.1 Å². The Kier molecular flexibility index (Phi) is 2.67. The van der Waals surface area contributed by atoms with Crippen molar-refractivity contribution in [1.29, 1.82) is 0 Å². The smallest absolute Gasteiger partial charge is 0.354 e. The second kappa shape index (κ2) is 4.01. The van der Waals surface area contributed by atoms with Crippen molar-refractivity contribution in [2.75, 3.05) is 7.11 Å². The number of pyridine rings is 1. The summed E-state index contributed by atoms with van der Waals surface area (Å²) in [7, 11) is 1.41. The number of carboxylic acid groups (broad SMARTS) is 1. The van der Waals surface area contributed by atoms with Crippen LogP contribution in [-0.2, 0) is 0 Å². The van der Waals surface area contributed by atoms with Gasteiger partial charge in [0, 0.05) is 11.5 Å². The van der Waals surface area contributed by atoms with Gasteiger partial charge < -0.3 is 9.84 Å². The lowest BCUT2D eigenvalue weighted by atomic mass is 10.1. The molecular formula is C12H10FNO3. The molecule has 4 nitrogen and oxygen atoms in total. The molecule has 0 bridgehead atoms. The monoisotopic (exact) mass is 235 g/mol. The highest BCUT2D eigenvalue weighted by atomic mass is 19.1. The summed E-state index contributed by atoms with van der Waals surface area (Å²) in [6, 6.07) is 4.15. The maximum Gasteiger partial charge on any atom is 0.354 e. The van der Waals surface area contributed by atoms with Crippen molar-refractivity contribution in [2.45, 2.75) is 6.92 Å². The van der Waals surface area contributed by atoms with Crippen LogP contribution in [0.5, 0.6) is 5.75 Å². The van der Waals surface area contributed by atoms with Gasteiger partial charge in [-0.05, 0) is 18.6 Å². The second-order valence-electron chi connectivity index (χ2n) is 3.60. The van der Waals surface area contributed by atoms with Crippen LogP contribution < -0.4 is 4.74 Å². The molecule has 2 rings (SSSR count). The van der Waals surface area contributed by atoms with Gasteiger partial charge in [0.05, 0.1) is 7.11 Å². The number of aromatic carboxylic acids is 1. The number of rotatable bonds is 2. The normalized spacial score (nSPS) is 10.5. The van der Waals surface area contributed by atoms with E-state index in [1.165, 1.54) is 19.2 Å². The zero-order chi connectivity index (χ0) is 12.6. The molecule has 0 aliphatic carbocycles. The average Bonchev–Trinajstić information content (AvgIpc) is 2.32. The van der Waals surface area contributed by atoms with Crippen LogP contribution in [0.4, 0.5) is 4.39 Å². The van der Waals surface area contributed by atoms with Gasteiger partial charge in [-0.1, -0.05) is 6.07 Å². The number of carbonyl (C=O) groups is 1. The standard InChI is InChI=1S/C12H10FNO3/c1-6-3-4-7(13)11-10(6)9(17-2)5-8(14-11)12(15)16/h3-5H,1-2H3,(H,15,16). The van der Waals surface area contributed by atoms with Gasteiger partial charge in [0.2, 0.25) is 0 Å². The largest absolute Gasteiger partial charge is 0.496 e. The highest BCUT2D eigenvalue weighted by molar-refractivity contribution is 5.94. The van der Waals surface area contributed by atoms with Crippen molar-refractivity contribution >= 4 is 16.9 Å². The zero-order valence-corrected chi connectivity index (χ0v) is 9.32. The first-order valence-corrected chi connectivity index (χ1v) is 4.91. The lowest BCUT2D eigenvalue weighted by Gasteiger charge is -2.09. The summed E-state index contributed by atoms with van der Waals surface area (Å²) in [6.07, 6.45) is 0. The number of carboxylic acids is 1. The Morgan fingerprint density at radius 3 is 2.76 bits per heavy atom. The summed E-state index contributed by atoms with van der Waals surface area (Å²) in [6.45, 7) is 1.78. The number of halogens is 1. The highest BCUT2D eigenvalue weighted by Gasteiger charge is 2.15. The fraction of sp³-hybridized carbons (Fsp3) is 0.167. The molecule has 1 aromatic carbocycles. The van der Waals surface area contributed by atoms with E-state index in [4.69, 9.17) is 9.84 Å². The Bertz CT molecular complexity index is 610. The summed E-state index contributed by atoms with van der Waals surface area (Å²) in [5.74, 6) is -1.47. The molecule has 1 N–H and O–H groups in total. The van der Waals surface area contributed by atoms with Crippen molar-refractivity contribution in [1.82, 2.24) is 4.98 Å². The minimum atomic E-state index is -1.22. The molecular weight excluding hydrogens is 225 g/mol. The number of aromatic nitrogens is 1. The summed E-state index contributed by atoms with van der Waals surface area (Å²) in [4.78, 5) is 14.7. The van der Waals surface area contributed by atoms with E-state index in [9.17, 15) is 9.18 Å². The molecule has 88 valence electrons. The van der Waals surface area contributed by atoms with Gasteiger partial charge in [0.15, 0.2) is 5.69 Å². The molecule has 0 aliphatic heterocycles. The predicted molar refractivity (Wildman–Crippen MR) is 59.9 cm³/mol. The third-order valence-electron chi connectivity index (χ3n) is 2.52. The van der Waals surface area contributed by atoms with Gasteiger partial charge in [-0.25, -0.2) is 14.2 Å². The topological polar surface area (TPSA) is 59.4 Å². The predicted octanol–water partition coefficient (Wildman–Crippen LogP) is 2.39. The molecule has 0 amide bonds. The van der Waals surface area contributed by atoms with Gasteiger partial charge in [-0.2, -0.15) is 0 Å². The van der Waals surface area contributed by atoms with Gasteiger partial charge in [-0.15, -0.1) is 0 Å². The van der Waals surface area contributed by atoms with Crippen LogP contribution in [0, 0.1) is 12.7 Å². The minimum absolute atomic E-state index is 0.0155. The molecule has 0 atom stereocenters. The number of methoxy groups -OCH3 is 1. The van der Waals surface area contributed by atoms with Crippen LogP contribution in [-0.4, -0.2) is 23.2 Å². The molecule has 0 fully saturated rings. The van der Waals surface area contributed by atoms with Gasteiger partial charge >= 0.3 is 5.97 Å². The van der Waals surface area contributed by atoms with Crippen molar-refractivity contribution in [2.24, 2.45) is 0 Å². The third kappa shape index (κ3) is 1.80. The number of benzene rings is 1. The van der Waals surface area contributed by atoms with Crippen molar-refractivity contribution in [3.63, 3.8) is 0 Å². The van der Waals surface area contributed by atoms with Crippen LogP contribution in [0.2, 0.25) is 0 Å². The fourth-order valence-corrected chi connectivity index (χ4v) is 1.71. The molecule has 1 heterocycles. The molecule has 5 heteroatoms. The fourth-order valence-electron chi connectivity index (χ4n) is 1.71. The first kappa shape index (κ1) is 11.3. The molecule has 2 aromatic rings. The Balaban J connectivity index is 2.91. The lowest BCUT2D eigenvalue weighted by molar-refractivity contribution is 0.0690. The van der Waals surface area contributed by atoms with E-state index < -0.39 is 11.8 Å². The van der Waals surface area contributed by atoms with E-state index in [2.05, 4.69) is 4.98 Å². The summed E-state index contributed by atoms with van der Waals surface area (Å²) in [5, 5.41) is 9.38. The molecule has 0 spiro atoms. The van der Waals surface area contributed by atoms with Crippen LogP contribution in [0.1, 0.15) is 16.1 Å². The van der Waals surface area contributed by atoms with Crippen molar-refractivity contribution < 1.29 is 19.0 Å². The Morgan fingerprint density at radius 1 is 1.47 bits per heavy atom. The number of fused-ring (bicyclic) bond motifs is 1. The van der Waals surface area contributed by atoms with E-state index in [-0.39, 0.29) is 11.2 Å². The van der Waals surface area contributed by atoms with E-state index >= 15 is 0 Å². The number of aryl methyl sites for hydroxylation is 1. The molecule has 0 saturated carbocycles. The Labute approximate surface area is 96.7 Å². The van der Waals surface area contributed by atoms with Crippen LogP contribution in [0.3, 0.4) is 0 Å². The number of nitrogens with zero attached hydrogens (tertiary/aromatic N) is 1. The van der Waals surface area contributed by atoms with Crippen LogP contribution in [0.15, 0.2) is 18.2 Å². The van der Waals surface area contributed by atoms with Crippen LogP contribution >= 0.6 is 0 Å². The lowest BCUT2D eigenvalue weighted by Crippen LogP contribution is -2.03. The third-order valence-corrected chi connectivity index (χ3v) is 2.52. The Hall–Kier alpha value is -2.17. The number of hydrogen-bond donors (Lipinski definition) is 1. The molecule has 0 aliphatic rings. The highest BCUT2D eigenvalue weighted by Crippen LogP contribution is 2.29. The second-order valence-corrected chi connectivity index (χ2v) is 3.60. The Morgan fingerprint density at radius 2 is 2.18 bits per heavy atom. The molecule has 17 heavy (non-hydrogen) atoms. The average molecular weight is 235 g/mol. The summed E-state index contributed by atoms with van der Waals surface area (Å²) >= 11 is 0. The summed E-state index contributed by atoms with van der Waals surface area (Å²) in [5.41, 5.74) is 0.559. The molecule has 1 aromatic heterocycles. The molecule has 0 saturated heterocycles.